The van der Waals surface area contributed by atoms with Crippen LogP contribution in [0, 0.1) is 11.7 Å². The minimum Gasteiger partial charge on any atom is -0.374 e. The molecule has 0 aliphatic heterocycles. The molecule has 0 radical (unpaired) electrons. The Balaban J connectivity index is 1.90. The predicted octanol–water partition coefficient (Wildman–Crippen LogP) is 3.43. The molecule has 1 aromatic carbocycles. The van der Waals surface area contributed by atoms with Gasteiger partial charge in [0.2, 0.25) is 0 Å². The van der Waals surface area contributed by atoms with Gasteiger partial charge < -0.3 is 10.2 Å². The lowest BCUT2D eigenvalue weighted by Crippen LogP contribution is -2.38. The van der Waals surface area contributed by atoms with E-state index in [1.165, 1.54) is 37.8 Å². The van der Waals surface area contributed by atoms with E-state index in [0.29, 0.717) is 12.0 Å². The van der Waals surface area contributed by atoms with E-state index in [1.54, 1.807) is 0 Å². The van der Waals surface area contributed by atoms with E-state index in [-0.39, 0.29) is 5.82 Å². The summed E-state index contributed by atoms with van der Waals surface area (Å²) < 4.78 is 12.9. The Bertz CT molecular complexity index is 377. The maximum Gasteiger partial charge on any atom is 0.123 e. The van der Waals surface area contributed by atoms with Gasteiger partial charge in [0, 0.05) is 25.3 Å². The quantitative estimate of drug-likeness (QED) is 0.847. The second-order valence-corrected chi connectivity index (χ2v) is 5.61. The van der Waals surface area contributed by atoms with Crippen LogP contribution in [0.1, 0.15) is 32.6 Å². The van der Waals surface area contributed by atoms with Gasteiger partial charge in [-0.3, -0.25) is 0 Å². The summed E-state index contributed by atoms with van der Waals surface area (Å²) in [7, 11) is 2.10. The molecule has 0 saturated heterocycles. The van der Waals surface area contributed by atoms with Crippen LogP contribution < -0.4 is 10.2 Å². The first-order valence-electron chi connectivity index (χ1n) is 7.40. The van der Waals surface area contributed by atoms with E-state index in [1.807, 2.05) is 12.1 Å². The summed E-state index contributed by atoms with van der Waals surface area (Å²) in [6, 6.07) is 7.45. The topological polar surface area (TPSA) is 15.3 Å². The molecule has 1 aromatic rings. The van der Waals surface area contributed by atoms with Crippen LogP contribution in [0.15, 0.2) is 24.3 Å². The first-order chi connectivity index (χ1) is 9.20. The maximum absolute atomic E-state index is 12.9. The smallest absolute Gasteiger partial charge is 0.123 e. The van der Waals surface area contributed by atoms with Crippen molar-refractivity contribution in [3.8, 4) is 0 Å². The van der Waals surface area contributed by atoms with Crippen LogP contribution in [0.2, 0.25) is 0 Å². The standard InChI is InChI=1S/C16H25FN2/c1-3-11-18-16-6-4-5-13(16)12-19(2)15-9-7-14(17)8-10-15/h7-10,13,16,18H,3-6,11-12H2,1-2H3. The number of hydrogen-bond donors (Lipinski definition) is 1. The van der Waals surface area contributed by atoms with Gasteiger partial charge in [0.1, 0.15) is 5.82 Å². The van der Waals surface area contributed by atoms with Gasteiger partial charge >= 0.3 is 0 Å². The normalized spacial score (nSPS) is 22.7. The third-order valence-electron chi connectivity index (χ3n) is 4.09. The Morgan fingerprint density at radius 2 is 2.00 bits per heavy atom. The number of nitrogens with one attached hydrogen (secondary N) is 1. The maximum atomic E-state index is 12.9. The van der Waals surface area contributed by atoms with Crippen molar-refractivity contribution >= 4 is 5.69 Å². The lowest BCUT2D eigenvalue weighted by atomic mass is 10.0. The van der Waals surface area contributed by atoms with E-state index in [9.17, 15) is 4.39 Å². The summed E-state index contributed by atoms with van der Waals surface area (Å²) in [5.41, 5.74) is 1.10. The van der Waals surface area contributed by atoms with Crippen LogP contribution in [0.5, 0.6) is 0 Å². The van der Waals surface area contributed by atoms with E-state index in [0.717, 1.165) is 18.8 Å². The minimum atomic E-state index is -0.166. The fourth-order valence-electron chi connectivity index (χ4n) is 3.01. The average Bonchev–Trinajstić information content (AvgIpc) is 2.84. The summed E-state index contributed by atoms with van der Waals surface area (Å²) in [4.78, 5) is 2.25. The van der Waals surface area contributed by atoms with E-state index >= 15 is 0 Å². The molecule has 0 amide bonds. The molecule has 2 nitrogen and oxygen atoms in total. The van der Waals surface area contributed by atoms with E-state index < -0.39 is 0 Å². The van der Waals surface area contributed by atoms with E-state index in [2.05, 4.69) is 24.2 Å². The molecule has 2 unspecified atom stereocenters. The van der Waals surface area contributed by atoms with Crippen LogP contribution in [-0.2, 0) is 0 Å². The molecule has 0 bridgehead atoms. The molecule has 2 atom stereocenters. The van der Waals surface area contributed by atoms with Crippen LogP contribution >= 0.6 is 0 Å². The molecule has 106 valence electrons. The molecule has 0 aromatic heterocycles. The van der Waals surface area contributed by atoms with Crippen molar-refractivity contribution in [1.82, 2.24) is 5.32 Å². The fraction of sp³-hybridized carbons (Fsp3) is 0.625. The van der Waals surface area contributed by atoms with Crippen LogP contribution in [0.25, 0.3) is 0 Å². The Labute approximate surface area is 116 Å². The number of benzene rings is 1. The summed E-state index contributed by atoms with van der Waals surface area (Å²) in [6.07, 6.45) is 5.11. The van der Waals surface area contributed by atoms with Gasteiger partial charge in [-0.2, -0.15) is 0 Å². The minimum absolute atomic E-state index is 0.166. The van der Waals surface area contributed by atoms with Gasteiger partial charge in [-0.25, -0.2) is 4.39 Å². The van der Waals surface area contributed by atoms with Gasteiger partial charge in [-0.05, 0) is 56.0 Å². The van der Waals surface area contributed by atoms with Crippen LogP contribution in [0.4, 0.5) is 10.1 Å². The molecule has 19 heavy (non-hydrogen) atoms. The fourth-order valence-corrected chi connectivity index (χ4v) is 3.01. The van der Waals surface area contributed by atoms with Crippen molar-refractivity contribution in [3.05, 3.63) is 30.1 Å². The number of hydrogen-bond acceptors (Lipinski definition) is 2. The zero-order chi connectivity index (χ0) is 13.7. The Morgan fingerprint density at radius 3 is 2.68 bits per heavy atom. The Kier molecular flexibility index (Phi) is 5.20. The molecule has 1 aliphatic rings. The highest BCUT2D eigenvalue weighted by Gasteiger charge is 2.27. The Morgan fingerprint density at radius 1 is 1.26 bits per heavy atom. The van der Waals surface area contributed by atoms with Gasteiger partial charge in [-0.1, -0.05) is 13.3 Å². The first-order valence-corrected chi connectivity index (χ1v) is 7.40. The lowest BCUT2D eigenvalue weighted by molar-refractivity contribution is 0.403. The van der Waals surface area contributed by atoms with Crippen LogP contribution in [0.3, 0.4) is 0 Å². The molecule has 0 heterocycles. The number of nitrogens with zero attached hydrogens (tertiary/aromatic N) is 1. The van der Waals surface area contributed by atoms with Crippen molar-refractivity contribution in [1.29, 1.82) is 0 Å². The predicted molar refractivity (Wildman–Crippen MR) is 79.1 cm³/mol. The van der Waals surface area contributed by atoms with Crippen molar-refractivity contribution < 1.29 is 4.39 Å². The molecule has 1 fully saturated rings. The van der Waals surface area contributed by atoms with Crippen LogP contribution in [-0.4, -0.2) is 26.2 Å². The average molecular weight is 264 g/mol. The zero-order valence-electron chi connectivity index (χ0n) is 12.0. The second kappa shape index (κ2) is 6.90. The third-order valence-corrected chi connectivity index (χ3v) is 4.09. The second-order valence-electron chi connectivity index (χ2n) is 5.61. The van der Waals surface area contributed by atoms with Crippen molar-refractivity contribution in [3.63, 3.8) is 0 Å². The Hall–Kier alpha value is -1.09. The SMILES string of the molecule is CCCNC1CCCC1CN(C)c1ccc(F)cc1. The van der Waals surface area contributed by atoms with E-state index in [4.69, 9.17) is 0 Å². The molecule has 3 heteroatoms. The monoisotopic (exact) mass is 264 g/mol. The lowest BCUT2D eigenvalue weighted by Gasteiger charge is -2.27. The highest BCUT2D eigenvalue weighted by Crippen LogP contribution is 2.27. The molecule has 1 saturated carbocycles. The van der Waals surface area contributed by atoms with Gasteiger partial charge in [-0.15, -0.1) is 0 Å². The molecule has 1 aliphatic carbocycles. The molecular weight excluding hydrogens is 239 g/mol. The summed E-state index contributed by atoms with van der Waals surface area (Å²) in [5, 5.41) is 3.66. The van der Waals surface area contributed by atoms with Gasteiger partial charge in [0.05, 0.1) is 0 Å². The van der Waals surface area contributed by atoms with Gasteiger partial charge in [0.25, 0.3) is 0 Å². The largest absolute Gasteiger partial charge is 0.374 e. The molecule has 0 spiro atoms. The summed E-state index contributed by atoms with van der Waals surface area (Å²) in [6.45, 7) is 4.37. The third kappa shape index (κ3) is 3.93. The van der Waals surface area contributed by atoms with Crippen molar-refractivity contribution in [2.45, 2.75) is 38.6 Å². The highest BCUT2D eigenvalue weighted by molar-refractivity contribution is 5.45. The number of halogens is 1. The number of anilines is 1. The zero-order valence-corrected chi connectivity index (χ0v) is 12.0. The summed E-state index contributed by atoms with van der Waals surface area (Å²) >= 11 is 0. The first kappa shape index (κ1) is 14.3. The summed E-state index contributed by atoms with van der Waals surface area (Å²) in [5.74, 6) is 0.544. The highest BCUT2D eigenvalue weighted by atomic mass is 19.1. The molecular formula is C16H25FN2. The molecule has 1 N–H and O–H groups in total. The van der Waals surface area contributed by atoms with Crippen molar-refractivity contribution in [2.75, 3.05) is 25.0 Å². The van der Waals surface area contributed by atoms with Crippen molar-refractivity contribution in [2.24, 2.45) is 5.92 Å². The van der Waals surface area contributed by atoms with Gasteiger partial charge in [0.15, 0.2) is 0 Å². The molecule has 2 rings (SSSR count). The number of rotatable bonds is 6.